The zero-order valence-corrected chi connectivity index (χ0v) is 31.7. The van der Waals surface area contributed by atoms with Crippen molar-refractivity contribution in [2.75, 3.05) is 13.1 Å². The Bertz CT molecular complexity index is 1220. The SMILES string of the molecule is CCCCCCCCNC(=O)C(O)(c1ccc(Br)s1)C1CC(=O)C(C(O)(C(=O)NCCCCCCCC)c2ccc(Br)s2)CC1=O. The number of aliphatic hydroxyl groups is 2. The first-order valence-electron chi connectivity index (χ1n) is 16.6. The van der Waals surface area contributed by atoms with Crippen molar-refractivity contribution in [1.82, 2.24) is 10.6 Å². The molecule has 1 fully saturated rings. The predicted octanol–water partition coefficient (Wildman–Crippen LogP) is 7.53. The van der Waals surface area contributed by atoms with Gasteiger partial charge in [0.05, 0.1) is 19.4 Å². The van der Waals surface area contributed by atoms with Gasteiger partial charge in [0, 0.05) is 35.7 Å². The molecule has 46 heavy (non-hydrogen) atoms. The van der Waals surface area contributed by atoms with Gasteiger partial charge in [0.25, 0.3) is 11.8 Å². The Morgan fingerprint density at radius 1 is 0.674 bits per heavy atom. The van der Waals surface area contributed by atoms with Crippen molar-refractivity contribution < 1.29 is 29.4 Å². The molecule has 3 rings (SSSR count). The Kier molecular flexibility index (Phi) is 16.1. The number of hydrogen-bond acceptors (Lipinski definition) is 8. The molecule has 2 heterocycles. The van der Waals surface area contributed by atoms with Gasteiger partial charge < -0.3 is 20.8 Å². The lowest BCUT2D eigenvalue weighted by molar-refractivity contribution is -0.168. The van der Waals surface area contributed by atoms with Gasteiger partial charge in [0.15, 0.2) is 11.2 Å². The van der Waals surface area contributed by atoms with Gasteiger partial charge in [-0.2, -0.15) is 0 Å². The third kappa shape index (κ3) is 9.81. The van der Waals surface area contributed by atoms with Crippen molar-refractivity contribution in [2.24, 2.45) is 11.8 Å². The Morgan fingerprint density at radius 2 is 1.02 bits per heavy atom. The normalized spacial score (nSPS) is 19.4. The number of hydrogen-bond donors (Lipinski definition) is 4. The average Bonchev–Trinajstić information content (AvgIpc) is 3.68. The Morgan fingerprint density at radius 3 is 1.35 bits per heavy atom. The highest BCUT2D eigenvalue weighted by Crippen LogP contribution is 2.47. The molecule has 0 aliphatic heterocycles. The van der Waals surface area contributed by atoms with Crippen LogP contribution in [0.1, 0.15) is 113 Å². The quantitative estimate of drug-likeness (QED) is 0.102. The predicted molar refractivity (Wildman–Crippen MR) is 191 cm³/mol. The van der Waals surface area contributed by atoms with Crippen LogP contribution in [0.15, 0.2) is 31.8 Å². The first-order chi connectivity index (χ1) is 22.0. The van der Waals surface area contributed by atoms with Crippen LogP contribution in [-0.4, -0.2) is 46.7 Å². The van der Waals surface area contributed by atoms with Gasteiger partial charge in [0.1, 0.15) is 11.6 Å². The molecule has 2 aromatic heterocycles. The summed E-state index contributed by atoms with van der Waals surface area (Å²) < 4.78 is 1.33. The van der Waals surface area contributed by atoms with E-state index in [0.717, 1.165) is 99.7 Å². The monoisotopic (exact) mass is 802 g/mol. The summed E-state index contributed by atoms with van der Waals surface area (Å²) in [5.41, 5.74) is -4.55. The second-order valence-electron chi connectivity index (χ2n) is 12.2. The maximum atomic E-state index is 13.9. The van der Waals surface area contributed by atoms with Crippen molar-refractivity contribution >= 4 is 77.9 Å². The smallest absolute Gasteiger partial charge is 0.258 e. The number of halogens is 2. The molecule has 2 amide bonds. The lowest BCUT2D eigenvalue weighted by Gasteiger charge is -2.41. The minimum atomic E-state index is -2.28. The number of rotatable bonds is 20. The van der Waals surface area contributed by atoms with E-state index in [9.17, 15) is 29.4 Å². The van der Waals surface area contributed by atoms with E-state index in [4.69, 9.17) is 0 Å². The van der Waals surface area contributed by atoms with Crippen LogP contribution >= 0.6 is 54.5 Å². The lowest BCUT2D eigenvalue weighted by atomic mass is 9.66. The summed E-state index contributed by atoms with van der Waals surface area (Å²) in [5, 5.41) is 29.7. The van der Waals surface area contributed by atoms with Crippen LogP contribution in [0.25, 0.3) is 0 Å². The lowest BCUT2D eigenvalue weighted by Crippen LogP contribution is -2.58. The molecule has 1 aliphatic carbocycles. The summed E-state index contributed by atoms with van der Waals surface area (Å²) in [5.74, 6) is -5.29. The van der Waals surface area contributed by atoms with Gasteiger partial charge in [-0.1, -0.05) is 78.1 Å². The molecule has 4 unspecified atom stereocenters. The molecule has 2 aromatic rings. The number of carbonyl (C=O) groups is 4. The molecule has 4 N–H and O–H groups in total. The topological polar surface area (TPSA) is 133 Å². The van der Waals surface area contributed by atoms with Crippen LogP contribution in [0.3, 0.4) is 0 Å². The highest BCUT2D eigenvalue weighted by atomic mass is 79.9. The van der Waals surface area contributed by atoms with E-state index in [2.05, 4.69) is 56.3 Å². The minimum Gasteiger partial charge on any atom is -0.374 e. The molecule has 0 radical (unpaired) electrons. The van der Waals surface area contributed by atoms with Crippen LogP contribution in [0, 0.1) is 11.8 Å². The number of ketones is 2. The largest absolute Gasteiger partial charge is 0.374 e. The molecule has 1 aliphatic rings. The van der Waals surface area contributed by atoms with Crippen molar-refractivity contribution in [1.29, 1.82) is 0 Å². The maximum absolute atomic E-state index is 13.9. The molecular weight excluding hydrogens is 756 g/mol. The van der Waals surface area contributed by atoms with Gasteiger partial charge in [0.2, 0.25) is 0 Å². The number of nitrogens with one attached hydrogen (secondary N) is 2. The Balaban J connectivity index is 1.80. The Labute approximate surface area is 297 Å². The zero-order chi connectivity index (χ0) is 33.7. The average molecular weight is 805 g/mol. The van der Waals surface area contributed by atoms with Crippen LogP contribution < -0.4 is 10.6 Å². The van der Waals surface area contributed by atoms with Crippen molar-refractivity contribution in [3.63, 3.8) is 0 Å². The molecule has 0 aromatic carbocycles. The summed E-state index contributed by atoms with van der Waals surface area (Å²) in [6.07, 6.45) is 11.3. The van der Waals surface area contributed by atoms with E-state index in [0.29, 0.717) is 20.7 Å². The first-order valence-corrected chi connectivity index (χ1v) is 19.8. The molecule has 256 valence electrons. The van der Waals surface area contributed by atoms with E-state index < -0.39 is 59.3 Å². The molecular formula is C34H48Br2N2O6S2. The highest BCUT2D eigenvalue weighted by Gasteiger charge is 2.58. The zero-order valence-electron chi connectivity index (χ0n) is 26.9. The number of amides is 2. The summed E-state index contributed by atoms with van der Waals surface area (Å²) in [6, 6.07) is 6.53. The number of thiophene rings is 2. The summed E-state index contributed by atoms with van der Waals surface area (Å²) in [7, 11) is 0. The van der Waals surface area contributed by atoms with E-state index in [-0.39, 0.29) is 9.75 Å². The second kappa shape index (κ2) is 18.9. The molecule has 1 saturated carbocycles. The molecule has 0 saturated heterocycles. The second-order valence-corrected chi connectivity index (χ2v) is 17.2. The van der Waals surface area contributed by atoms with Gasteiger partial charge >= 0.3 is 0 Å². The van der Waals surface area contributed by atoms with Crippen LogP contribution in [0.4, 0.5) is 0 Å². The third-order valence-corrected chi connectivity index (χ3v) is 12.3. The van der Waals surface area contributed by atoms with Crippen molar-refractivity contribution in [2.45, 2.75) is 115 Å². The minimum absolute atomic E-state index is 0.249. The van der Waals surface area contributed by atoms with Crippen molar-refractivity contribution in [3.8, 4) is 0 Å². The summed E-state index contributed by atoms with van der Waals surface area (Å²) >= 11 is 9.02. The molecule has 4 atom stereocenters. The maximum Gasteiger partial charge on any atom is 0.258 e. The van der Waals surface area contributed by atoms with Gasteiger partial charge in [-0.15, -0.1) is 22.7 Å². The van der Waals surface area contributed by atoms with Gasteiger partial charge in [-0.25, -0.2) is 0 Å². The molecule has 12 heteroatoms. The Hall–Kier alpha value is -1.44. The van der Waals surface area contributed by atoms with Gasteiger partial charge in [-0.05, 0) is 69.0 Å². The van der Waals surface area contributed by atoms with E-state index >= 15 is 0 Å². The summed E-state index contributed by atoms with van der Waals surface area (Å²) in [4.78, 5) is 55.6. The third-order valence-electron chi connectivity index (χ3n) is 8.82. The fraction of sp³-hybridized carbons (Fsp3) is 0.647. The van der Waals surface area contributed by atoms with E-state index in [1.54, 1.807) is 24.3 Å². The molecule has 0 spiro atoms. The van der Waals surface area contributed by atoms with E-state index in [1.807, 2.05) is 0 Å². The highest BCUT2D eigenvalue weighted by molar-refractivity contribution is 9.11. The van der Waals surface area contributed by atoms with Crippen LogP contribution in [0.5, 0.6) is 0 Å². The number of carbonyl (C=O) groups excluding carboxylic acids is 4. The van der Waals surface area contributed by atoms with Crippen LogP contribution in [-0.2, 0) is 30.4 Å². The molecule has 0 bridgehead atoms. The van der Waals surface area contributed by atoms with Crippen molar-refractivity contribution in [3.05, 3.63) is 41.6 Å². The molecule has 8 nitrogen and oxygen atoms in total. The van der Waals surface area contributed by atoms with E-state index in [1.165, 1.54) is 0 Å². The standard InChI is InChI=1S/C34H48Br2N2O6S2/c1-3-5-7-9-11-13-19-37-31(41)33(43,27-15-17-29(35)45-27)23-21-26(40)24(22-25(23)39)34(44,28-16-18-30(36)46-28)32(42)38-20-14-12-10-8-6-4-2/h15-18,23-24,43-44H,3-14,19-22H2,1-2H3,(H,37,41)(H,38,42). The number of unbranched alkanes of at least 4 members (excludes halogenated alkanes) is 10. The number of Topliss-reactive ketones (excluding diaryl/α,β-unsaturated/α-hetero) is 2. The fourth-order valence-electron chi connectivity index (χ4n) is 6.08. The first kappa shape index (κ1) is 39.0. The van der Waals surface area contributed by atoms with Crippen LogP contribution in [0.2, 0.25) is 0 Å². The fourth-order valence-corrected chi connectivity index (χ4v) is 9.14. The summed E-state index contributed by atoms with van der Waals surface area (Å²) in [6.45, 7) is 4.97. The van der Waals surface area contributed by atoms with Gasteiger partial charge in [-0.3, -0.25) is 19.2 Å².